The molecule has 0 atom stereocenters. The van der Waals surface area contributed by atoms with Crippen LogP contribution in [0.15, 0.2) is 18.2 Å². The third kappa shape index (κ3) is 3.94. The summed E-state index contributed by atoms with van der Waals surface area (Å²) in [6, 6.07) is 3.73. The van der Waals surface area contributed by atoms with Gasteiger partial charge in [0.25, 0.3) is 0 Å². The average molecular weight is 228 g/mol. The molecular weight excluding hydrogens is 214 g/mol. The van der Waals surface area contributed by atoms with Gasteiger partial charge in [-0.15, -0.1) is 0 Å². The van der Waals surface area contributed by atoms with Crippen molar-refractivity contribution in [3.63, 3.8) is 0 Å². The van der Waals surface area contributed by atoms with Crippen molar-refractivity contribution in [2.45, 2.75) is 13.0 Å². The number of rotatable bonds is 5. The van der Waals surface area contributed by atoms with Gasteiger partial charge in [-0.1, -0.05) is 6.07 Å². The first-order valence-electron chi connectivity index (χ1n) is 4.98. The summed E-state index contributed by atoms with van der Waals surface area (Å²) in [4.78, 5) is 10.9. The second kappa shape index (κ2) is 6.17. The Kier molecular flexibility index (Phi) is 4.85. The number of carbonyl (C=O) groups excluding carboxylic acids is 1. The quantitative estimate of drug-likeness (QED) is 0.743. The van der Waals surface area contributed by atoms with E-state index < -0.39 is 11.6 Å². The molecule has 0 aliphatic carbocycles. The average Bonchev–Trinajstić information content (AvgIpc) is 2.28. The van der Waals surface area contributed by atoms with Crippen LogP contribution >= 0.6 is 0 Å². The van der Waals surface area contributed by atoms with Gasteiger partial charge in [0.15, 0.2) is 11.6 Å². The highest BCUT2D eigenvalue weighted by molar-refractivity contribution is 5.75. The second-order valence-electron chi connectivity index (χ2n) is 3.35. The van der Waals surface area contributed by atoms with Crippen LogP contribution in [0.25, 0.3) is 0 Å². The summed E-state index contributed by atoms with van der Waals surface area (Å²) in [5.74, 6) is -1.77. The van der Waals surface area contributed by atoms with Gasteiger partial charge in [0.05, 0.1) is 0 Å². The summed E-state index contributed by atoms with van der Waals surface area (Å²) in [7, 11) is 1.57. The van der Waals surface area contributed by atoms with Gasteiger partial charge in [0.1, 0.15) is 0 Å². The third-order valence-corrected chi connectivity index (χ3v) is 2.12. The molecule has 0 unspecified atom stereocenters. The minimum absolute atomic E-state index is 0.0576. The van der Waals surface area contributed by atoms with Crippen molar-refractivity contribution in [1.82, 2.24) is 10.6 Å². The van der Waals surface area contributed by atoms with Crippen molar-refractivity contribution < 1.29 is 13.6 Å². The lowest BCUT2D eigenvalue weighted by Crippen LogP contribution is -2.24. The summed E-state index contributed by atoms with van der Waals surface area (Å²) in [6.45, 7) is 0.910. The molecule has 3 nitrogen and oxygen atoms in total. The summed E-state index contributed by atoms with van der Waals surface area (Å²) in [5.41, 5.74) is 0.649. The van der Waals surface area contributed by atoms with Crippen molar-refractivity contribution in [3.05, 3.63) is 35.4 Å². The van der Waals surface area contributed by atoms with Crippen LogP contribution in [-0.2, 0) is 11.3 Å². The molecule has 0 aliphatic rings. The van der Waals surface area contributed by atoms with Gasteiger partial charge in [-0.2, -0.15) is 0 Å². The number of hydrogen-bond donors (Lipinski definition) is 2. The van der Waals surface area contributed by atoms with Crippen LogP contribution in [0.4, 0.5) is 8.78 Å². The molecule has 5 heteroatoms. The molecule has 0 spiro atoms. The smallest absolute Gasteiger partial charge is 0.221 e. The number of nitrogens with one attached hydrogen (secondary N) is 2. The molecule has 0 aromatic heterocycles. The summed E-state index contributed by atoms with van der Waals surface area (Å²) in [5, 5.41) is 5.46. The zero-order valence-corrected chi connectivity index (χ0v) is 9.02. The van der Waals surface area contributed by atoms with E-state index in [0.29, 0.717) is 25.1 Å². The van der Waals surface area contributed by atoms with E-state index in [0.717, 1.165) is 12.1 Å². The van der Waals surface area contributed by atoms with E-state index in [2.05, 4.69) is 10.6 Å². The monoisotopic (exact) mass is 228 g/mol. The minimum Gasteiger partial charge on any atom is -0.359 e. The lowest BCUT2D eigenvalue weighted by molar-refractivity contribution is -0.120. The number of carbonyl (C=O) groups is 1. The number of halogens is 2. The van der Waals surface area contributed by atoms with Crippen molar-refractivity contribution >= 4 is 5.91 Å². The van der Waals surface area contributed by atoms with E-state index in [9.17, 15) is 13.6 Å². The van der Waals surface area contributed by atoms with E-state index in [-0.39, 0.29) is 5.91 Å². The van der Waals surface area contributed by atoms with Crippen LogP contribution in [0.1, 0.15) is 12.0 Å². The van der Waals surface area contributed by atoms with Gasteiger partial charge in [0, 0.05) is 26.6 Å². The molecule has 88 valence electrons. The van der Waals surface area contributed by atoms with E-state index >= 15 is 0 Å². The molecule has 0 aliphatic heterocycles. The number of amides is 1. The largest absolute Gasteiger partial charge is 0.359 e. The van der Waals surface area contributed by atoms with E-state index in [1.165, 1.54) is 6.07 Å². The van der Waals surface area contributed by atoms with Gasteiger partial charge in [-0.05, 0) is 17.7 Å². The Morgan fingerprint density at radius 2 is 2.06 bits per heavy atom. The van der Waals surface area contributed by atoms with Crippen LogP contribution in [0.5, 0.6) is 0 Å². The maximum Gasteiger partial charge on any atom is 0.221 e. The maximum atomic E-state index is 12.8. The molecule has 1 amide bonds. The zero-order valence-electron chi connectivity index (χ0n) is 9.02. The normalized spacial score (nSPS) is 10.2. The van der Waals surface area contributed by atoms with Gasteiger partial charge < -0.3 is 10.6 Å². The minimum atomic E-state index is -0.856. The molecule has 1 aromatic carbocycles. The Labute approximate surface area is 92.8 Å². The lowest BCUT2D eigenvalue weighted by atomic mass is 10.2. The first kappa shape index (κ1) is 12.6. The predicted octanol–water partition coefficient (Wildman–Crippen LogP) is 1.19. The van der Waals surface area contributed by atoms with Crippen LogP contribution in [0.3, 0.4) is 0 Å². The standard InChI is InChI=1S/C11H14F2N2O/c1-14-11(16)4-5-15-7-8-2-3-9(12)10(13)6-8/h2-3,6,15H,4-5,7H2,1H3,(H,14,16). The molecule has 0 fully saturated rings. The Bertz CT molecular complexity index is 369. The first-order valence-corrected chi connectivity index (χ1v) is 4.98. The Morgan fingerprint density at radius 1 is 1.31 bits per heavy atom. The van der Waals surface area contributed by atoms with Crippen molar-refractivity contribution in [2.24, 2.45) is 0 Å². The van der Waals surface area contributed by atoms with Gasteiger partial charge in [-0.3, -0.25) is 4.79 Å². The summed E-state index contributed by atoms with van der Waals surface area (Å²) < 4.78 is 25.4. The van der Waals surface area contributed by atoms with E-state index in [1.807, 2.05) is 0 Å². The second-order valence-corrected chi connectivity index (χ2v) is 3.35. The van der Waals surface area contributed by atoms with Crippen LogP contribution in [0.2, 0.25) is 0 Å². The summed E-state index contributed by atoms with van der Waals surface area (Å²) >= 11 is 0. The molecule has 2 N–H and O–H groups in total. The van der Waals surface area contributed by atoms with Gasteiger partial charge in [0.2, 0.25) is 5.91 Å². The van der Waals surface area contributed by atoms with Crippen LogP contribution < -0.4 is 10.6 Å². The maximum absolute atomic E-state index is 12.8. The summed E-state index contributed by atoms with van der Waals surface area (Å²) in [6.07, 6.45) is 0.361. The molecule has 0 heterocycles. The highest BCUT2D eigenvalue weighted by Gasteiger charge is 2.02. The van der Waals surface area contributed by atoms with Crippen molar-refractivity contribution in [2.75, 3.05) is 13.6 Å². The molecule has 16 heavy (non-hydrogen) atoms. The molecule has 0 saturated heterocycles. The topological polar surface area (TPSA) is 41.1 Å². The molecule has 1 aromatic rings. The third-order valence-electron chi connectivity index (χ3n) is 2.12. The fraction of sp³-hybridized carbons (Fsp3) is 0.364. The zero-order chi connectivity index (χ0) is 12.0. The molecule has 1 rings (SSSR count). The van der Waals surface area contributed by atoms with Crippen LogP contribution in [0, 0.1) is 11.6 Å². The Morgan fingerprint density at radius 3 is 2.69 bits per heavy atom. The molecule has 0 saturated carbocycles. The van der Waals surface area contributed by atoms with Gasteiger partial charge >= 0.3 is 0 Å². The van der Waals surface area contributed by atoms with Crippen molar-refractivity contribution in [1.29, 1.82) is 0 Å². The molecule has 0 bridgehead atoms. The van der Waals surface area contributed by atoms with Crippen LogP contribution in [-0.4, -0.2) is 19.5 Å². The number of benzene rings is 1. The Hall–Kier alpha value is -1.49. The fourth-order valence-corrected chi connectivity index (χ4v) is 1.21. The first-order chi connectivity index (χ1) is 7.63. The predicted molar refractivity (Wildman–Crippen MR) is 56.7 cm³/mol. The number of hydrogen-bond acceptors (Lipinski definition) is 2. The molecule has 0 radical (unpaired) electrons. The fourth-order valence-electron chi connectivity index (χ4n) is 1.21. The highest BCUT2D eigenvalue weighted by atomic mass is 19.2. The van der Waals surface area contributed by atoms with Gasteiger partial charge in [-0.25, -0.2) is 8.78 Å². The molecular formula is C11H14F2N2O. The van der Waals surface area contributed by atoms with Crippen molar-refractivity contribution in [3.8, 4) is 0 Å². The van der Waals surface area contributed by atoms with E-state index in [1.54, 1.807) is 7.05 Å². The Balaban J connectivity index is 2.32. The highest BCUT2D eigenvalue weighted by Crippen LogP contribution is 2.08. The SMILES string of the molecule is CNC(=O)CCNCc1ccc(F)c(F)c1. The lowest BCUT2D eigenvalue weighted by Gasteiger charge is -2.04. The van der Waals surface area contributed by atoms with E-state index in [4.69, 9.17) is 0 Å².